The Morgan fingerprint density at radius 2 is 1.90 bits per heavy atom. The summed E-state index contributed by atoms with van der Waals surface area (Å²) >= 11 is 5.82. The molecular formula is C16H16ClF2N. The lowest BCUT2D eigenvalue weighted by atomic mass is 10.0. The molecule has 0 saturated heterocycles. The molecule has 0 fully saturated rings. The molecule has 0 heterocycles. The van der Waals surface area contributed by atoms with Crippen molar-refractivity contribution in [2.75, 3.05) is 6.54 Å². The number of hydrogen-bond donors (Lipinski definition) is 1. The Hall–Kier alpha value is -1.45. The van der Waals surface area contributed by atoms with E-state index in [1.54, 1.807) is 18.2 Å². The van der Waals surface area contributed by atoms with E-state index in [2.05, 4.69) is 12.2 Å². The largest absolute Gasteiger partial charge is 0.313 e. The summed E-state index contributed by atoms with van der Waals surface area (Å²) in [6, 6.07) is 8.90. The van der Waals surface area contributed by atoms with Crippen LogP contribution in [0.4, 0.5) is 8.78 Å². The Kier molecular flexibility index (Phi) is 5.10. The third-order valence-corrected chi connectivity index (χ3v) is 3.18. The van der Waals surface area contributed by atoms with E-state index >= 15 is 0 Å². The summed E-state index contributed by atoms with van der Waals surface area (Å²) in [5.74, 6) is -0.854. The van der Waals surface area contributed by atoms with Gasteiger partial charge < -0.3 is 5.32 Å². The second-order valence-corrected chi connectivity index (χ2v) is 5.09. The molecule has 0 aliphatic rings. The summed E-state index contributed by atoms with van der Waals surface area (Å²) in [6.07, 6.45) is 1.04. The highest BCUT2D eigenvalue weighted by Crippen LogP contribution is 2.27. The molecule has 0 amide bonds. The Bertz CT molecular complexity index is 579. The van der Waals surface area contributed by atoms with E-state index in [0.717, 1.165) is 18.5 Å². The average Bonchev–Trinajstić information content (AvgIpc) is 2.40. The quantitative estimate of drug-likeness (QED) is 0.782. The van der Waals surface area contributed by atoms with Gasteiger partial charge in [0.15, 0.2) is 0 Å². The molecular weight excluding hydrogens is 280 g/mol. The minimum Gasteiger partial charge on any atom is -0.313 e. The summed E-state index contributed by atoms with van der Waals surface area (Å²) in [5.41, 5.74) is 1.77. The average molecular weight is 296 g/mol. The van der Waals surface area contributed by atoms with Crippen LogP contribution in [0.3, 0.4) is 0 Å². The molecule has 2 rings (SSSR count). The van der Waals surface area contributed by atoms with Crippen LogP contribution in [0.25, 0.3) is 11.1 Å². The molecule has 0 bridgehead atoms. The third kappa shape index (κ3) is 3.78. The van der Waals surface area contributed by atoms with Crippen LogP contribution < -0.4 is 5.32 Å². The maximum absolute atomic E-state index is 13.9. The van der Waals surface area contributed by atoms with Crippen LogP contribution in [0, 0.1) is 11.6 Å². The zero-order valence-electron chi connectivity index (χ0n) is 11.2. The van der Waals surface area contributed by atoms with Crippen molar-refractivity contribution in [2.24, 2.45) is 0 Å². The van der Waals surface area contributed by atoms with Gasteiger partial charge in [0, 0.05) is 17.1 Å². The molecule has 0 radical (unpaired) electrons. The van der Waals surface area contributed by atoms with Gasteiger partial charge in [-0.15, -0.1) is 0 Å². The molecule has 0 unspecified atom stereocenters. The molecule has 0 aromatic heterocycles. The second-order valence-electron chi connectivity index (χ2n) is 4.65. The summed E-state index contributed by atoms with van der Waals surface area (Å²) in [7, 11) is 0. The fourth-order valence-electron chi connectivity index (χ4n) is 2.02. The zero-order chi connectivity index (χ0) is 14.5. The van der Waals surface area contributed by atoms with Crippen molar-refractivity contribution in [1.82, 2.24) is 5.32 Å². The molecule has 0 saturated carbocycles. The molecule has 2 aromatic carbocycles. The molecule has 106 valence electrons. The van der Waals surface area contributed by atoms with Crippen LogP contribution in [0.5, 0.6) is 0 Å². The molecule has 0 aliphatic carbocycles. The van der Waals surface area contributed by atoms with Gasteiger partial charge in [0.25, 0.3) is 0 Å². The number of hydrogen-bond acceptors (Lipinski definition) is 1. The Morgan fingerprint density at radius 3 is 2.60 bits per heavy atom. The van der Waals surface area contributed by atoms with Crippen molar-refractivity contribution < 1.29 is 8.78 Å². The molecule has 2 aromatic rings. The first kappa shape index (κ1) is 14.9. The van der Waals surface area contributed by atoms with Crippen LogP contribution in [0.15, 0.2) is 36.4 Å². The van der Waals surface area contributed by atoms with Gasteiger partial charge in [-0.2, -0.15) is 0 Å². The van der Waals surface area contributed by atoms with Crippen molar-refractivity contribution in [3.63, 3.8) is 0 Å². The van der Waals surface area contributed by atoms with E-state index in [4.69, 9.17) is 11.6 Å². The molecule has 0 atom stereocenters. The lowest BCUT2D eigenvalue weighted by Gasteiger charge is -2.09. The highest BCUT2D eigenvalue weighted by molar-refractivity contribution is 6.30. The highest BCUT2D eigenvalue weighted by Gasteiger charge is 2.08. The predicted molar refractivity (Wildman–Crippen MR) is 78.8 cm³/mol. The van der Waals surface area contributed by atoms with E-state index in [0.29, 0.717) is 17.7 Å². The van der Waals surface area contributed by atoms with E-state index in [-0.39, 0.29) is 10.8 Å². The summed E-state index contributed by atoms with van der Waals surface area (Å²) in [4.78, 5) is 0. The first-order valence-corrected chi connectivity index (χ1v) is 6.93. The van der Waals surface area contributed by atoms with Crippen molar-refractivity contribution in [3.8, 4) is 11.1 Å². The summed E-state index contributed by atoms with van der Waals surface area (Å²) in [6.45, 7) is 3.64. The van der Waals surface area contributed by atoms with Crippen LogP contribution >= 0.6 is 11.6 Å². The van der Waals surface area contributed by atoms with Gasteiger partial charge in [0.1, 0.15) is 11.6 Å². The van der Waals surface area contributed by atoms with Gasteiger partial charge in [-0.3, -0.25) is 0 Å². The SMILES string of the molecule is CCCNCc1ccc(F)c(-c2cc(F)cc(Cl)c2)c1. The van der Waals surface area contributed by atoms with Crippen molar-refractivity contribution in [1.29, 1.82) is 0 Å². The van der Waals surface area contributed by atoms with Crippen molar-refractivity contribution in [2.45, 2.75) is 19.9 Å². The minimum absolute atomic E-state index is 0.258. The summed E-state index contributed by atoms with van der Waals surface area (Å²) < 4.78 is 27.3. The first-order valence-electron chi connectivity index (χ1n) is 6.55. The van der Waals surface area contributed by atoms with Gasteiger partial charge in [-0.25, -0.2) is 8.78 Å². The molecule has 0 spiro atoms. The number of rotatable bonds is 5. The molecule has 20 heavy (non-hydrogen) atoms. The zero-order valence-corrected chi connectivity index (χ0v) is 12.0. The lowest BCUT2D eigenvalue weighted by molar-refractivity contribution is 0.623. The summed E-state index contributed by atoms with van der Waals surface area (Å²) in [5, 5.41) is 3.51. The second kappa shape index (κ2) is 6.82. The van der Waals surface area contributed by atoms with E-state index in [9.17, 15) is 8.78 Å². The van der Waals surface area contributed by atoms with Crippen LogP contribution in [-0.2, 0) is 6.54 Å². The van der Waals surface area contributed by atoms with Gasteiger partial charge in [-0.1, -0.05) is 24.6 Å². The maximum Gasteiger partial charge on any atom is 0.131 e. The molecule has 4 heteroatoms. The smallest absolute Gasteiger partial charge is 0.131 e. The van der Waals surface area contributed by atoms with Crippen LogP contribution in [-0.4, -0.2) is 6.54 Å². The monoisotopic (exact) mass is 295 g/mol. The number of halogens is 3. The standard InChI is InChI=1S/C16H16ClF2N/c1-2-5-20-10-11-3-4-16(19)15(6-11)12-7-13(17)9-14(18)8-12/h3-4,6-9,20H,2,5,10H2,1H3. The van der Waals surface area contributed by atoms with Crippen molar-refractivity contribution in [3.05, 3.63) is 58.6 Å². The van der Waals surface area contributed by atoms with Gasteiger partial charge in [0.2, 0.25) is 0 Å². The van der Waals surface area contributed by atoms with Gasteiger partial charge in [0.05, 0.1) is 0 Å². The normalized spacial score (nSPS) is 10.8. The molecule has 1 nitrogen and oxygen atoms in total. The fraction of sp³-hybridized carbons (Fsp3) is 0.250. The topological polar surface area (TPSA) is 12.0 Å². The van der Waals surface area contributed by atoms with Gasteiger partial charge >= 0.3 is 0 Å². The Balaban J connectivity index is 2.32. The lowest BCUT2D eigenvalue weighted by Crippen LogP contribution is -2.13. The van der Waals surface area contributed by atoms with E-state index < -0.39 is 5.82 Å². The Labute approximate surface area is 122 Å². The number of nitrogens with one attached hydrogen (secondary N) is 1. The van der Waals surface area contributed by atoms with E-state index in [1.165, 1.54) is 18.2 Å². The first-order chi connectivity index (χ1) is 9.60. The fourth-order valence-corrected chi connectivity index (χ4v) is 2.24. The number of benzene rings is 2. The minimum atomic E-state index is -0.471. The third-order valence-electron chi connectivity index (χ3n) is 2.96. The predicted octanol–water partition coefficient (Wildman–Crippen LogP) is 4.78. The molecule has 0 aliphatic heterocycles. The maximum atomic E-state index is 13.9. The highest BCUT2D eigenvalue weighted by atomic mass is 35.5. The van der Waals surface area contributed by atoms with Gasteiger partial charge in [-0.05, 0) is 54.4 Å². The van der Waals surface area contributed by atoms with Crippen LogP contribution in [0.1, 0.15) is 18.9 Å². The Morgan fingerprint density at radius 1 is 1.10 bits per heavy atom. The van der Waals surface area contributed by atoms with Crippen molar-refractivity contribution >= 4 is 11.6 Å². The van der Waals surface area contributed by atoms with Crippen LogP contribution in [0.2, 0.25) is 5.02 Å². The van der Waals surface area contributed by atoms with E-state index in [1.807, 2.05) is 0 Å². The molecule has 1 N–H and O–H groups in total.